The fourth-order valence-corrected chi connectivity index (χ4v) is 4.25. The van der Waals surface area contributed by atoms with Crippen molar-refractivity contribution in [3.05, 3.63) is 22.2 Å². The Morgan fingerprint density at radius 3 is 2.78 bits per heavy atom. The maximum Gasteiger partial charge on any atom is 0.162 e. The van der Waals surface area contributed by atoms with E-state index in [9.17, 15) is 0 Å². The van der Waals surface area contributed by atoms with Gasteiger partial charge < -0.3 is 4.74 Å². The van der Waals surface area contributed by atoms with E-state index in [2.05, 4.69) is 4.98 Å². The van der Waals surface area contributed by atoms with Crippen molar-refractivity contribution >= 4 is 23.4 Å². The molecule has 0 radical (unpaired) electrons. The Hall–Kier alpha value is -0.320. The molecule has 2 aliphatic rings. The third-order valence-corrected chi connectivity index (χ3v) is 5.05. The summed E-state index contributed by atoms with van der Waals surface area (Å²) in [5.74, 6) is 2.70. The van der Waals surface area contributed by atoms with Crippen molar-refractivity contribution in [3.8, 4) is 0 Å². The van der Waals surface area contributed by atoms with Gasteiger partial charge in [0.1, 0.15) is 10.8 Å². The number of ether oxygens (including phenoxy) is 1. The highest BCUT2D eigenvalue weighted by Crippen LogP contribution is 2.42. The molecule has 2 heterocycles. The van der Waals surface area contributed by atoms with Crippen molar-refractivity contribution in [2.45, 2.75) is 49.7 Å². The average molecular weight is 285 g/mol. The zero-order valence-corrected chi connectivity index (χ0v) is 12.1. The van der Waals surface area contributed by atoms with Gasteiger partial charge >= 0.3 is 0 Å². The van der Waals surface area contributed by atoms with E-state index in [4.69, 9.17) is 21.3 Å². The van der Waals surface area contributed by atoms with Crippen LogP contribution in [0.15, 0.2) is 0 Å². The second-order valence-electron chi connectivity index (χ2n) is 4.89. The summed E-state index contributed by atoms with van der Waals surface area (Å²) in [4.78, 5) is 9.28. The highest BCUT2D eigenvalue weighted by Gasteiger charge is 2.40. The molecule has 5 heteroatoms. The molecule has 1 aliphatic heterocycles. The third kappa shape index (κ3) is 2.04. The van der Waals surface area contributed by atoms with E-state index in [1.165, 1.54) is 12.8 Å². The van der Waals surface area contributed by atoms with Gasteiger partial charge in [0, 0.05) is 23.7 Å². The van der Waals surface area contributed by atoms with Crippen molar-refractivity contribution in [1.29, 1.82) is 0 Å². The lowest BCUT2D eigenvalue weighted by Crippen LogP contribution is -2.29. The van der Waals surface area contributed by atoms with Crippen molar-refractivity contribution in [1.82, 2.24) is 9.97 Å². The number of halogens is 1. The molecule has 0 spiro atoms. The minimum absolute atomic E-state index is 0.277. The first kappa shape index (κ1) is 12.7. The fraction of sp³-hybridized carbons (Fsp3) is 0.692. The Morgan fingerprint density at radius 2 is 2.06 bits per heavy atom. The Labute approximate surface area is 117 Å². The molecule has 0 unspecified atom stereocenters. The maximum absolute atomic E-state index is 6.30. The summed E-state index contributed by atoms with van der Waals surface area (Å²) < 4.78 is 6.00. The number of nitrogens with zero attached hydrogens (tertiary/aromatic N) is 2. The van der Waals surface area contributed by atoms with Crippen LogP contribution < -0.4 is 0 Å². The molecule has 18 heavy (non-hydrogen) atoms. The summed E-state index contributed by atoms with van der Waals surface area (Å²) in [5.41, 5.74) is 1.96. The van der Waals surface area contributed by atoms with Crippen LogP contribution in [0.1, 0.15) is 49.7 Å². The minimum Gasteiger partial charge on any atom is -0.367 e. The molecular weight excluding hydrogens is 268 g/mol. The van der Waals surface area contributed by atoms with E-state index in [0.717, 1.165) is 41.4 Å². The fourth-order valence-electron chi connectivity index (χ4n) is 2.87. The molecule has 0 atom stereocenters. The van der Waals surface area contributed by atoms with E-state index in [1.807, 2.05) is 18.7 Å². The van der Waals surface area contributed by atoms with E-state index in [-0.39, 0.29) is 5.60 Å². The monoisotopic (exact) mass is 284 g/mol. The molecule has 1 aliphatic carbocycles. The number of rotatable bonds is 3. The predicted octanol–water partition coefficient (Wildman–Crippen LogP) is 3.68. The summed E-state index contributed by atoms with van der Waals surface area (Å²) in [6.07, 6.45) is 4.41. The number of fused-ring (bicyclic) bond motifs is 1. The number of thioether (sulfide) groups is 1. The van der Waals surface area contributed by atoms with Gasteiger partial charge in [-0.05, 0) is 32.6 Å². The first-order valence-electron chi connectivity index (χ1n) is 6.52. The maximum atomic E-state index is 6.30. The van der Waals surface area contributed by atoms with Gasteiger partial charge in [-0.25, -0.2) is 9.97 Å². The molecule has 0 bridgehead atoms. The summed E-state index contributed by atoms with van der Waals surface area (Å²) in [5, 5.41) is 0.631. The molecule has 0 N–H and O–H groups in total. The smallest absolute Gasteiger partial charge is 0.162 e. The molecule has 1 aromatic rings. The minimum atomic E-state index is -0.277. The first-order valence-corrected chi connectivity index (χ1v) is 8.06. The van der Waals surface area contributed by atoms with Crippen LogP contribution in [0.5, 0.6) is 0 Å². The molecule has 1 aromatic heterocycles. The van der Waals surface area contributed by atoms with Crippen LogP contribution in [0.3, 0.4) is 0 Å². The predicted molar refractivity (Wildman–Crippen MR) is 73.8 cm³/mol. The quantitative estimate of drug-likeness (QED) is 0.793. The van der Waals surface area contributed by atoms with Crippen LogP contribution in [0.4, 0.5) is 0 Å². The van der Waals surface area contributed by atoms with Gasteiger partial charge in [0.25, 0.3) is 0 Å². The van der Waals surface area contributed by atoms with E-state index >= 15 is 0 Å². The highest BCUT2D eigenvalue weighted by atomic mass is 35.5. The van der Waals surface area contributed by atoms with Crippen molar-refractivity contribution in [2.75, 3.05) is 6.61 Å². The highest BCUT2D eigenvalue weighted by molar-refractivity contribution is 7.98. The molecule has 3 nitrogen and oxygen atoms in total. The zero-order valence-electron chi connectivity index (χ0n) is 10.5. The summed E-state index contributed by atoms with van der Waals surface area (Å²) in [6.45, 7) is 2.73. The lowest BCUT2D eigenvalue weighted by atomic mass is 10.0. The van der Waals surface area contributed by atoms with Gasteiger partial charge in [0.15, 0.2) is 5.82 Å². The van der Waals surface area contributed by atoms with E-state index in [0.29, 0.717) is 11.8 Å². The standard InChI is InChI=1S/C13H17ClN2OS/c1-2-17-13(5-3-4-6-13)12-15-10-8-18-7-9(10)11(14)16-12/h2-8H2,1H3. The molecule has 0 aromatic carbocycles. The lowest BCUT2D eigenvalue weighted by molar-refractivity contribution is -0.0458. The average Bonchev–Trinajstić information content (AvgIpc) is 2.98. The molecule has 98 valence electrons. The van der Waals surface area contributed by atoms with Crippen LogP contribution in [0, 0.1) is 0 Å². The van der Waals surface area contributed by atoms with Crippen LogP contribution in [-0.2, 0) is 21.8 Å². The second kappa shape index (κ2) is 4.99. The van der Waals surface area contributed by atoms with Crippen LogP contribution in [0.25, 0.3) is 0 Å². The Kier molecular flexibility index (Phi) is 3.52. The molecule has 1 fully saturated rings. The van der Waals surface area contributed by atoms with Gasteiger partial charge in [-0.2, -0.15) is 11.8 Å². The summed E-state index contributed by atoms with van der Waals surface area (Å²) in [7, 11) is 0. The third-order valence-electron chi connectivity index (χ3n) is 3.77. The molecule has 3 rings (SSSR count). The Balaban J connectivity index is 2.02. The van der Waals surface area contributed by atoms with Crippen LogP contribution in [0.2, 0.25) is 5.15 Å². The van der Waals surface area contributed by atoms with Gasteiger partial charge in [0.2, 0.25) is 0 Å². The van der Waals surface area contributed by atoms with Crippen molar-refractivity contribution < 1.29 is 4.74 Å². The van der Waals surface area contributed by atoms with Crippen molar-refractivity contribution in [2.24, 2.45) is 0 Å². The summed E-state index contributed by atoms with van der Waals surface area (Å²) >= 11 is 8.15. The van der Waals surface area contributed by atoms with Gasteiger partial charge in [0.05, 0.1) is 5.69 Å². The largest absolute Gasteiger partial charge is 0.367 e. The van der Waals surface area contributed by atoms with Gasteiger partial charge in [-0.15, -0.1) is 0 Å². The van der Waals surface area contributed by atoms with Gasteiger partial charge in [-0.1, -0.05) is 11.6 Å². The molecule has 1 saturated carbocycles. The Bertz CT molecular complexity index is 461. The topological polar surface area (TPSA) is 35.0 Å². The number of hydrogen-bond acceptors (Lipinski definition) is 4. The van der Waals surface area contributed by atoms with Crippen LogP contribution in [-0.4, -0.2) is 16.6 Å². The Morgan fingerprint density at radius 1 is 1.28 bits per heavy atom. The van der Waals surface area contributed by atoms with E-state index < -0.39 is 0 Å². The van der Waals surface area contributed by atoms with E-state index in [1.54, 1.807) is 0 Å². The molecule has 0 amide bonds. The molecular formula is C13H17ClN2OS. The second-order valence-corrected chi connectivity index (χ2v) is 6.23. The normalized spacial score (nSPS) is 21.2. The van der Waals surface area contributed by atoms with Crippen LogP contribution >= 0.6 is 23.4 Å². The first-order chi connectivity index (χ1) is 8.75. The number of aromatic nitrogens is 2. The van der Waals surface area contributed by atoms with Crippen molar-refractivity contribution in [3.63, 3.8) is 0 Å². The summed E-state index contributed by atoms with van der Waals surface area (Å²) in [6, 6.07) is 0. The number of hydrogen-bond donors (Lipinski definition) is 0. The van der Waals surface area contributed by atoms with Gasteiger partial charge in [-0.3, -0.25) is 0 Å². The molecule has 0 saturated heterocycles. The zero-order chi connectivity index (χ0) is 12.6. The SMILES string of the molecule is CCOC1(c2nc(Cl)c3c(n2)CSC3)CCCC1. The lowest BCUT2D eigenvalue weighted by Gasteiger charge is -2.27.